The summed E-state index contributed by atoms with van der Waals surface area (Å²) in [7, 11) is 1.88. The second-order valence-electron chi connectivity index (χ2n) is 13.5. The number of hydrogen-bond acceptors (Lipinski definition) is 7. The summed E-state index contributed by atoms with van der Waals surface area (Å²) in [6.45, 7) is 12.0. The molecule has 7 nitrogen and oxygen atoms in total. The maximum absolute atomic E-state index is 13.3. The number of methoxy groups -OCH3 is 1. The zero-order chi connectivity index (χ0) is 26.3. The van der Waals surface area contributed by atoms with Crippen LogP contribution in [0.3, 0.4) is 0 Å². The molecule has 1 aromatic carbocycles. The lowest BCUT2D eigenvalue weighted by Crippen LogP contribution is -2.79. The summed E-state index contributed by atoms with van der Waals surface area (Å²) in [5, 5.41) is 14.7. The van der Waals surface area contributed by atoms with Crippen molar-refractivity contribution < 1.29 is 24.1 Å². The number of nitrogens with one attached hydrogen (secondary N) is 1. The van der Waals surface area contributed by atoms with Crippen LogP contribution >= 0.6 is 0 Å². The Bertz CT molecular complexity index is 1080. The maximum atomic E-state index is 13.3. The third-order valence-corrected chi connectivity index (χ3v) is 9.81. The van der Waals surface area contributed by atoms with Gasteiger partial charge in [-0.05, 0) is 89.3 Å². The first kappa shape index (κ1) is 25.4. The van der Waals surface area contributed by atoms with Crippen LogP contribution < -0.4 is 10.1 Å². The Labute approximate surface area is 221 Å². The predicted molar refractivity (Wildman–Crippen MR) is 141 cm³/mol. The van der Waals surface area contributed by atoms with Crippen molar-refractivity contribution in [1.29, 1.82) is 0 Å². The number of carbonyl (C=O) groups is 1. The normalized spacial score (nSPS) is 35.2. The van der Waals surface area contributed by atoms with E-state index >= 15 is 0 Å². The fourth-order valence-electron chi connectivity index (χ4n) is 8.17. The van der Waals surface area contributed by atoms with Crippen LogP contribution in [0.25, 0.3) is 0 Å². The molecule has 2 heterocycles. The molecule has 0 aromatic heterocycles. The first-order valence-corrected chi connectivity index (χ1v) is 14.3. The number of rotatable bonds is 7. The summed E-state index contributed by atoms with van der Waals surface area (Å²) >= 11 is 0. The van der Waals surface area contributed by atoms with Gasteiger partial charge in [0, 0.05) is 31.3 Å². The molecule has 5 aliphatic rings. The summed E-state index contributed by atoms with van der Waals surface area (Å²) in [5.74, 6) is 1.49. The van der Waals surface area contributed by atoms with Gasteiger partial charge in [0.05, 0.1) is 11.0 Å². The van der Waals surface area contributed by atoms with E-state index in [4.69, 9.17) is 14.2 Å². The Morgan fingerprint density at radius 2 is 2.00 bits per heavy atom. The number of benzene rings is 1. The number of nitrogens with zero attached hydrogens (tertiary/aromatic N) is 1. The van der Waals surface area contributed by atoms with E-state index in [2.05, 4.69) is 30.1 Å². The molecule has 37 heavy (non-hydrogen) atoms. The van der Waals surface area contributed by atoms with Gasteiger partial charge in [0.25, 0.3) is 0 Å². The number of likely N-dealkylation sites (tertiary alicyclic amines) is 1. The van der Waals surface area contributed by atoms with Crippen LogP contribution in [-0.2, 0) is 26.1 Å². The molecule has 2 saturated carbocycles. The molecule has 1 saturated heterocycles. The van der Waals surface area contributed by atoms with E-state index in [1.165, 1.54) is 18.4 Å². The lowest BCUT2D eigenvalue weighted by atomic mass is 9.48. The molecule has 0 unspecified atom stereocenters. The van der Waals surface area contributed by atoms with Gasteiger partial charge in [-0.1, -0.05) is 19.9 Å². The fraction of sp³-hybridized carbons (Fsp3) is 0.767. The Balaban J connectivity index is 1.40. The average molecular weight is 513 g/mol. The molecule has 3 fully saturated rings. The van der Waals surface area contributed by atoms with Crippen molar-refractivity contribution in [3.05, 3.63) is 23.3 Å². The number of phenols is 1. The number of aromatic hydroxyl groups is 1. The van der Waals surface area contributed by atoms with Crippen LogP contribution in [0.4, 0.5) is 0 Å². The minimum atomic E-state index is -0.547. The SMILES string of the molecule is CO[C@@]12CC[C@@H](N[C@H](C(=O)OC(C)(C)C)C(C)C)[C@@H]3Oc4c(O)ccc5c4[C@@]31CCN(CC1CC1)[C@@H]2C5. The highest BCUT2D eigenvalue weighted by Gasteiger charge is 2.74. The summed E-state index contributed by atoms with van der Waals surface area (Å²) in [6, 6.07) is 3.68. The van der Waals surface area contributed by atoms with Gasteiger partial charge in [-0.25, -0.2) is 0 Å². The van der Waals surface area contributed by atoms with Gasteiger partial charge in [0.1, 0.15) is 17.7 Å². The zero-order valence-electron chi connectivity index (χ0n) is 23.3. The minimum absolute atomic E-state index is 0.0587. The highest BCUT2D eigenvalue weighted by molar-refractivity contribution is 5.76. The van der Waals surface area contributed by atoms with Crippen LogP contribution in [0.5, 0.6) is 11.5 Å². The topological polar surface area (TPSA) is 80.3 Å². The summed E-state index contributed by atoms with van der Waals surface area (Å²) in [6.07, 6.45) is 6.02. The highest BCUT2D eigenvalue weighted by atomic mass is 16.6. The number of esters is 1. The summed E-state index contributed by atoms with van der Waals surface area (Å²) in [5.41, 5.74) is 1.15. The van der Waals surface area contributed by atoms with Gasteiger partial charge in [-0.2, -0.15) is 0 Å². The number of phenolic OH excluding ortho intramolecular Hbond substituents is 1. The molecule has 204 valence electrons. The second kappa shape index (κ2) is 8.59. The van der Waals surface area contributed by atoms with Gasteiger partial charge < -0.3 is 19.3 Å². The molecule has 0 radical (unpaired) electrons. The molecule has 6 atom stereocenters. The van der Waals surface area contributed by atoms with Crippen LogP contribution in [-0.4, -0.2) is 71.6 Å². The Morgan fingerprint density at radius 3 is 2.65 bits per heavy atom. The van der Waals surface area contributed by atoms with E-state index in [1.54, 1.807) is 6.07 Å². The first-order chi connectivity index (χ1) is 17.5. The average Bonchev–Trinajstić information content (AvgIpc) is 3.57. The van der Waals surface area contributed by atoms with Crippen LogP contribution in [0.2, 0.25) is 0 Å². The van der Waals surface area contributed by atoms with Gasteiger partial charge in [-0.3, -0.25) is 15.0 Å². The van der Waals surface area contributed by atoms with Crippen molar-refractivity contribution in [2.45, 2.75) is 114 Å². The van der Waals surface area contributed by atoms with Crippen LogP contribution in [0, 0.1) is 11.8 Å². The quantitative estimate of drug-likeness (QED) is 0.536. The van der Waals surface area contributed by atoms with Crippen molar-refractivity contribution in [2.75, 3.05) is 20.2 Å². The van der Waals surface area contributed by atoms with Crippen molar-refractivity contribution in [3.8, 4) is 11.5 Å². The zero-order valence-corrected chi connectivity index (χ0v) is 23.3. The largest absolute Gasteiger partial charge is 0.504 e. The number of hydrogen-bond donors (Lipinski definition) is 2. The van der Waals surface area contributed by atoms with E-state index < -0.39 is 11.6 Å². The maximum Gasteiger partial charge on any atom is 0.323 e. The third kappa shape index (κ3) is 3.75. The highest BCUT2D eigenvalue weighted by Crippen LogP contribution is 2.66. The molecule has 3 aliphatic carbocycles. The lowest BCUT2D eigenvalue weighted by Gasteiger charge is -2.66. The van der Waals surface area contributed by atoms with E-state index in [1.807, 2.05) is 27.9 Å². The van der Waals surface area contributed by atoms with Gasteiger partial charge >= 0.3 is 5.97 Å². The molecular weight excluding hydrogens is 468 g/mol. The molecule has 1 aromatic rings. The number of ether oxygens (including phenoxy) is 3. The first-order valence-electron chi connectivity index (χ1n) is 14.3. The molecule has 2 bridgehead atoms. The van der Waals surface area contributed by atoms with Crippen molar-refractivity contribution >= 4 is 5.97 Å². The molecule has 6 rings (SSSR count). The van der Waals surface area contributed by atoms with Crippen molar-refractivity contribution in [2.24, 2.45) is 11.8 Å². The monoisotopic (exact) mass is 512 g/mol. The molecular formula is C30H44N2O5. The molecule has 2 N–H and O–H groups in total. The standard InChI is InChI=1S/C30H44N2O5/c1-17(2)24(27(34)37-28(3,4)5)31-20-11-12-30(35-6)22-15-19-9-10-21(33)25-23(19)29(30,26(20)36-25)13-14-32(22)16-18-7-8-18/h9-10,17-18,20,22,24,26,31,33H,7-8,11-16H2,1-6H3/t20-,22-,24+,26+,29+,30-/m1/s1. The van der Waals surface area contributed by atoms with Crippen molar-refractivity contribution in [3.63, 3.8) is 0 Å². The van der Waals surface area contributed by atoms with E-state index in [0.717, 1.165) is 50.3 Å². The van der Waals surface area contributed by atoms with Crippen molar-refractivity contribution in [1.82, 2.24) is 10.2 Å². The van der Waals surface area contributed by atoms with E-state index in [9.17, 15) is 9.90 Å². The Hall–Kier alpha value is -1.83. The van der Waals surface area contributed by atoms with Gasteiger partial charge in [0.15, 0.2) is 11.5 Å². The molecule has 7 heteroatoms. The smallest absolute Gasteiger partial charge is 0.323 e. The van der Waals surface area contributed by atoms with Crippen LogP contribution in [0.15, 0.2) is 12.1 Å². The predicted octanol–water partition coefficient (Wildman–Crippen LogP) is 3.93. The fourth-order valence-corrected chi connectivity index (χ4v) is 8.17. The summed E-state index contributed by atoms with van der Waals surface area (Å²) in [4.78, 5) is 16.0. The number of piperidine rings is 1. The number of carbonyl (C=O) groups excluding carboxylic acids is 1. The minimum Gasteiger partial charge on any atom is -0.504 e. The Kier molecular flexibility index (Phi) is 5.91. The lowest BCUT2D eigenvalue weighted by molar-refractivity contribution is -0.208. The van der Waals surface area contributed by atoms with Crippen LogP contribution in [0.1, 0.15) is 77.8 Å². The molecule has 2 aliphatic heterocycles. The van der Waals surface area contributed by atoms with Gasteiger partial charge in [0.2, 0.25) is 0 Å². The van der Waals surface area contributed by atoms with E-state index in [0.29, 0.717) is 5.75 Å². The Morgan fingerprint density at radius 1 is 1.24 bits per heavy atom. The van der Waals surface area contributed by atoms with Gasteiger partial charge in [-0.15, -0.1) is 0 Å². The van der Waals surface area contributed by atoms with E-state index in [-0.39, 0.29) is 46.8 Å². The molecule has 1 spiro atoms. The second-order valence-corrected chi connectivity index (χ2v) is 13.5. The third-order valence-electron chi connectivity index (χ3n) is 9.81. The molecule has 0 amide bonds. The summed E-state index contributed by atoms with van der Waals surface area (Å²) < 4.78 is 19.3.